The molecule has 8 nitrogen and oxygen atoms in total. The van der Waals surface area contributed by atoms with Crippen LogP contribution in [0.5, 0.6) is 11.5 Å². The molecule has 0 saturated carbocycles. The fourth-order valence-electron chi connectivity index (χ4n) is 3.86. The predicted molar refractivity (Wildman–Crippen MR) is 135 cm³/mol. The number of aromatic nitrogens is 1. The highest BCUT2D eigenvalue weighted by molar-refractivity contribution is 6.02. The summed E-state index contributed by atoms with van der Waals surface area (Å²) in [4.78, 5) is 43.1. The van der Waals surface area contributed by atoms with E-state index < -0.39 is 0 Å². The summed E-state index contributed by atoms with van der Waals surface area (Å²) in [5.74, 6) is 0.647. The summed E-state index contributed by atoms with van der Waals surface area (Å²) < 4.78 is 11.2. The van der Waals surface area contributed by atoms with Gasteiger partial charge in [0.1, 0.15) is 11.5 Å². The van der Waals surface area contributed by atoms with Crippen LogP contribution in [0.4, 0.5) is 5.69 Å². The molecule has 0 aliphatic carbocycles. The maximum absolute atomic E-state index is 12.8. The largest absolute Gasteiger partial charge is 0.485 e. The van der Waals surface area contributed by atoms with E-state index in [0.29, 0.717) is 42.3 Å². The number of rotatable bonds is 11. The first-order valence-corrected chi connectivity index (χ1v) is 12.0. The molecule has 1 N–H and O–H groups in total. The minimum Gasteiger partial charge on any atom is -0.485 e. The first-order valence-electron chi connectivity index (χ1n) is 12.0. The minimum absolute atomic E-state index is 0.0780. The lowest BCUT2D eigenvalue weighted by atomic mass is 10.1. The van der Waals surface area contributed by atoms with Crippen molar-refractivity contribution in [2.24, 2.45) is 0 Å². The van der Waals surface area contributed by atoms with Gasteiger partial charge in [-0.3, -0.25) is 19.4 Å². The van der Waals surface area contributed by atoms with Crippen LogP contribution in [0.1, 0.15) is 41.3 Å². The van der Waals surface area contributed by atoms with E-state index in [1.807, 2.05) is 36.4 Å². The number of hydrogen-bond donors (Lipinski definition) is 1. The molecule has 2 aromatic carbocycles. The van der Waals surface area contributed by atoms with Crippen molar-refractivity contribution >= 4 is 23.3 Å². The summed E-state index contributed by atoms with van der Waals surface area (Å²) in [6.45, 7) is 2.65. The average Bonchev–Trinajstić information content (AvgIpc) is 2.92. The number of carbonyl (C=O) groups excluding carboxylic acids is 3. The van der Waals surface area contributed by atoms with Crippen molar-refractivity contribution < 1.29 is 23.9 Å². The second-order valence-electron chi connectivity index (χ2n) is 8.46. The number of ether oxygens (including phenoxy) is 2. The number of anilines is 1. The molecule has 0 spiro atoms. The smallest absolute Gasteiger partial charge is 0.265 e. The molecule has 1 aromatic heterocycles. The van der Waals surface area contributed by atoms with E-state index in [1.54, 1.807) is 35.5 Å². The number of benzene rings is 2. The SMILES string of the molecule is CCc1ccc(OCC(=O)c2ccc3c(c2)N(CCCC(=O)NCc2ccncc2)C(=O)CO3)cc1. The molecule has 2 amide bonds. The maximum atomic E-state index is 12.8. The molecule has 0 atom stereocenters. The van der Waals surface area contributed by atoms with Gasteiger partial charge < -0.3 is 19.7 Å². The van der Waals surface area contributed by atoms with Crippen molar-refractivity contribution in [3.05, 3.63) is 83.7 Å². The molecule has 2 heterocycles. The van der Waals surface area contributed by atoms with Crippen LogP contribution in [-0.2, 0) is 22.6 Å². The quantitative estimate of drug-likeness (QED) is 0.414. The number of hydrogen-bond acceptors (Lipinski definition) is 6. The standard InChI is InChI=1S/C28H29N3O5/c1-2-20-5-8-23(9-6-20)35-18-25(32)22-7-10-26-24(16-22)31(28(34)19-36-26)15-3-4-27(33)30-17-21-11-13-29-14-12-21/h5-14,16H,2-4,15,17-19H2,1H3,(H,30,33). The van der Waals surface area contributed by atoms with Gasteiger partial charge in [-0.2, -0.15) is 0 Å². The number of carbonyl (C=O) groups is 3. The van der Waals surface area contributed by atoms with Crippen molar-refractivity contribution in [2.45, 2.75) is 32.7 Å². The summed E-state index contributed by atoms with van der Waals surface area (Å²) in [7, 11) is 0. The van der Waals surface area contributed by atoms with Gasteiger partial charge in [0.25, 0.3) is 5.91 Å². The van der Waals surface area contributed by atoms with Crippen LogP contribution < -0.4 is 19.7 Å². The zero-order chi connectivity index (χ0) is 25.3. The predicted octanol–water partition coefficient (Wildman–Crippen LogP) is 3.73. The van der Waals surface area contributed by atoms with Gasteiger partial charge in [0.05, 0.1) is 5.69 Å². The molecule has 4 rings (SSSR count). The third-order valence-electron chi connectivity index (χ3n) is 5.95. The van der Waals surface area contributed by atoms with Gasteiger partial charge in [0, 0.05) is 37.5 Å². The fourth-order valence-corrected chi connectivity index (χ4v) is 3.86. The number of ketones is 1. The van der Waals surface area contributed by atoms with Crippen LogP contribution in [0.15, 0.2) is 67.0 Å². The Morgan fingerprint density at radius 1 is 1.06 bits per heavy atom. The molecule has 0 saturated heterocycles. The van der Waals surface area contributed by atoms with Crippen molar-refractivity contribution in [1.82, 2.24) is 10.3 Å². The zero-order valence-corrected chi connectivity index (χ0v) is 20.2. The van der Waals surface area contributed by atoms with Gasteiger partial charge in [-0.15, -0.1) is 0 Å². The number of Topliss-reactive ketones (excluding diaryl/α,β-unsaturated/α-hetero) is 1. The molecule has 3 aromatic rings. The van der Waals surface area contributed by atoms with E-state index in [2.05, 4.69) is 17.2 Å². The van der Waals surface area contributed by atoms with E-state index in [-0.39, 0.29) is 37.2 Å². The molecular weight excluding hydrogens is 458 g/mol. The lowest BCUT2D eigenvalue weighted by Gasteiger charge is -2.29. The van der Waals surface area contributed by atoms with Crippen LogP contribution >= 0.6 is 0 Å². The van der Waals surface area contributed by atoms with Gasteiger partial charge >= 0.3 is 0 Å². The number of nitrogens with one attached hydrogen (secondary N) is 1. The highest BCUT2D eigenvalue weighted by atomic mass is 16.5. The number of pyridine rings is 1. The Bertz CT molecular complexity index is 1210. The van der Waals surface area contributed by atoms with Crippen LogP contribution in [0.3, 0.4) is 0 Å². The lowest BCUT2D eigenvalue weighted by molar-refractivity contribution is -0.123. The summed E-state index contributed by atoms with van der Waals surface area (Å²) in [6.07, 6.45) is 5.04. The highest BCUT2D eigenvalue weighted by Gasteiger charge is 2.26. The number of nitrogens with zero attached hydrogens (tertiary/aromatic N) is 2. The Morgan fingerprint density at radius 3 is 2.58 bits per heavy atom. The summed E-state index contributed by atoms with van der Waals surface area (Å²) in [6, 6.07) is 16.3. The Hall–Kier alpha value is -4.20. The highest BCUT2D eigenvalue weighted by Crippen LogP contribution is 2.33. The number of amides is 2. The molecule has 186 valence electrons. The third kappa shape index (κ3) is 6.47. The maximum Gasteiger partial charge on any atom is 0.265 e. The number of fused-ring (bicyclic) bond motifs is 1. The van der Waals surface area contributed by atoms with Crippen molar-refractivity contribution in [1.29, 1.82) is 0 Å². The molecule has 0 fully saturated rings. The van der Waals surface area contributed by atoms with Gasteiger partial charge in [-0.05, 0) is 66.4 Å². The van der Waals surface area contributed by atoms with E-state index in [9.17, 15) is 14.4 Å². The molecular formula is C28H29N3O5. The monoisotopic (exact) mass is 487 g/mol. The van der Waals surface area contributed by atoms with E-state index in [0.717, 1.165) is 12.0 Å². The average molecular weight is 488 g/mol. The van der Waals surface area contributed by atoms with Crippen LogP contribution in [0, 0.1) is 0 Å². The van der Waals surface area contributed by atoms with Gasteiger partial charge in [-0.1, -0.05) is 19.1 Å². The van der Waals surface area contributed by atoms with Gasteiger partial charge in [0.15, 0.2) is 19.0 Å². The topological polar surface area (TPSA) is 97.8 Å². The van der Waals surface area contributed by atoms with Crippen molar-refractivity contribution in [3.8, 4) is 11.5 Å². The third-order valence-corrected chi connectivity index (χ3v) is 5.95. The van der Waals surface area contributed by atoms with E-state index in [4.69, 9.17) is 9.47 Å². The number of aryl methyl sites for hydroxylation is 1. The molecule has 1 aliphatic rings. The summed E-state index contributed by atoms with van der Waals surface area (Å²) >= 11 is 0. The Labute approximate surface area is 210 Å². The molecule has 8 heteroatoms. The molecule has 36 heavy (non-hydrogen) atoms. The van der Waals surface area contributed by atoms with Gasteiger partial charge in [-0.25, -0.2) is 0 Å². The second-order valence-corrected chi connectivity index (χ2v) is 8.46. The minimum atomic E-state index is -0.212. The van der Waals surface area contributed by atoms with E-state index in [1.165, 1.54) is 5.56 Å². The lowest BCUT2D eigenvalue weighted by Crippen LogP contribution is -2.40. The molecule has 0 unspecified atom stereocenters. The van der Waals surface area contributed by atoms with Crippen LogP contribution in [0.25, 0.3) is 0 Å². The van der Waals surface area contributed by atoms with Gasteiger partial charge in [0.2, 0.25) is 5.91 Å². The molecule has 0 radical (unpaired) electrons. The van der Waals surface area contributed by atoms with Crippen molar-refractivity contribution in [3.63, 3.8) is 0 Å². The first kappa shape index (κ1) is 24.9. The second kappa shape index (κ2) is 12.0. The normalized spacial score (nSPS) is 12.5. The zero-order valence-electron chi connectivity index (χ0n) is 20.2. The van der Waals surface area contributed by atoms with Crippen LogP contribution in [-0.4, -0.2) is 42.3 Å². The Balaban J connectivity index is 1.33. The van der Waals surface area contributed by atoms with Crippen molar-refractivity contribution in [2.75, 3.05) is 24.7 Å². The first-order chi connectivity index (χ1) is 17.5. The fraction of sp³-hybridized carbons (Fsp3) is 0.286. The van der Waals surface area contributed by atoms with E-state index >= 15 is 0 Å². The van der Waals surface area contributed by atoms with Crippen LogP contribution in [0.2, 0.25) is 0 Å². The Morgan fingerprint density at radius 2 is 1.83 bits per heavy atom. The molecule has 0 bridgehead atoms. The molecule has 1 aliphatic heterocycles. The summed E-state index contributed by atoms with van der Waals surface area (Å²) in [5.41, 5.74) is 3.12. The summed E-state index contributed by atoms with van der Waals surface area (Å²) in [5, 5.41) is 2.87. The Kier molecular flexibility index (Phi) is 8.28.